The maximum atomic E-state index is 12.0. The van der Waals surface area contributed by atoms with Gasteiger partial charge in [-0.3, -0.25) is 10.1 Å². The molecule has 0 atom stereocenters. The lowest BCUT2D eigenvalue weighted by Crippen LogP contribution is -2.24. The molecular weight excluding hydrogens is 312 g/mol. The van der Waals surface area contributed by atoms with Gasteiger partial charge in [0.25, 0.3) is 5.69 Å². The summed E-state index contributed by atoms with van der Waals surface area (Å²) in [6, 6.07) is 7.57. The summed E-state index contributed by atoms with van der Waals surface area (Å²) in [5.41, 5.74) is 1.31. The number of nitrogens with zero attached hydrogens (tertiary/aromatic N) is 1. The van der Waals surface area contributed by atoms with E-state index in [0.29, 0.717) is 5.56 Å². The summed E-state index contributed by atoms with van der Waals surface area (Å²) in [5, 5.41) is 12.6. The number of hydrogen-bond donors (Lipinski definition) is 1. The molecule has 0 amide bonds. The second-order valence-corrected chi connectivity index (χ2v) is 7.34. The summed E-state index contributed by atoms with van der Waals surface area (Å²) < 4.78 is 26.5. The van der Waals surface area contributed by atoms with Crippen LogP contribution in [0.5, 0.6) is 0 Å². The molecule has 0 spiro atoms. The lowest BCUT2D eigenvalue weighted by Gasteiger charge is -2.06. The summed E-state index contributed by atoms with van der Waals surface area (Å²) in [6.07, 6.45) is 0. The molecule has 1 N–H and O–H groups in total. The van der Waals surface area contributed by atoms with Gasteiger partial charge in [-0.15, -0.1) is 11.3 Å². The molecule has 2 aromatic rings. The number of nitro groups is 1. The van der Waals surface area contributed by atoms with Gasteiger partial charge in [-0.2, -0.15) is 0 Å². The van der Waals surface area contributed by atoms with Crippen LogP contribution < -0.4 is 4.72 Å². The first-order valence-corrected chi connectivity index (χ1v) is 8.64. The molecule has 1 heterocycles. The zero-order valence-electron chi connectivity index (χ0n) is 11.3. The molecule has 0 fully saturated rings. The maximum Gasteiger partial charge on any atom is 0.269 e. The number of hydrogen-bond acceptors (Lipinski definition) is 5. The average Bonchev–Trinajstić information content (AvgIpc) is 2.82. The predicted molar refractivity (Wildman–Crippen MR) is 81.6 cm³/mol. The van der Waals surface area contributed by atoms with Crippen molar-refractivity contribution in [3.05, 3.63) is 61.8 Å². The van der Waals surface area contributed by atoms with E-state index in [2.05, 4.69) is 4.72 Å². The van der Waals surface area contributed by atoms with Crippen LogP contribution in [-0.4, -0.2) is 13.3 Å². The van der Waals surface area contributed by atoms with E-state index >= 15 is 0 Å². The molecule has 0 aliphatic rings. The Morgan fingerprint density at radius 3 is 2.71 bits per heavy atom. The van der Waals surface area contributed by atoms with Crippen molar-refractivity contribution in [1.29, 1.82) is 0 Å². The van der Waals surface area contributed by atoms with Gasteiger partial charge in [0.15, 0.2) is 0 Å². The molecule has 0 aliphatic heterocycles. The van der Waals surface area contributed by atoms with E-state index in [9.17, 15) is 18.5 Å². The SMILES string of the molecule is Cc1ccsc1CNS(=O)(=O)Cc1cccc([N+](=O)[O-])c1. The predicted octanol–water partition coefficient (Wildman–Crippen LogP) is 2.58. The zero-order chi connectivity index (χ0) is 15.5. The molecule has 1 aromatic heterocycles. The normalized spacial score (nSPS) is 11.5. The Hall–Kier alpha value is -1.77. The fourth-order valence-corrected chi connectivity index (χ4v) is 3.81. The average molecular weight is 326 g/mol. The van der Waals surface area contributed by atoms with Crippen LogP contribution in [0, 0.1) is 17.0 Å². The van der Waals surface area contributed by atoms with E-state index in [1.165, 1.54) is 29.5 Å². The van der Waals surface area contributed by atoms with Gasteiger partial charge in [-0.25, -0.2) is 13.1 Å². The Labute approximate surface area is 126 Å². The van der Waals surface area contributed by atoms with Gasteiger partial charge in [0, 0.05) is 23.6 Å². The standard InChI is InChI=1S/C13H14N2O4S2/c1-10-5-6-20-13(10)8-14-21(18,19)9-11-3-2-4-12(7-11)15(16)17/h2-7,14H,8-9H2,1H3. The molecule has 0 saturated carbocycles. The first kappa shape index (κ1) is 15.6. The van der Waals surface area contributed by atoms with Crippen molar-refractivity contribution in [2.45, 2.75) is 19.2 Å². The quantitative estimate of drug-likeness (QED) is 0.652. The highest BCUT2D eigenvalue weighted by Gasteiger charge is 2.14. The van der Waals surface area contributed by atoms with Crippen molar-refractivity contribution in [1.82, 2.24) is 4.72 Å². The molecule has 0 radical (unpaired) electrons. The molecule has 1 aromatic carbocycles. The topological polar surface area (TPSA) is 89.3 Å². The van der Waals surface area contributed by atoms with E-state index in [0.717, 1.165) is 10.4 Å². The minimum absolute atomic E-state index is 0.114. The molecule has 0 unspecified atom stereocenters. The molecule has 0 aliphatic carbocycles. The van der Waals surface area contributed by atoms with Gasteiger partial charge in [0.1, 0.15) is 0 Å². The van der Waals surface area contributed by atoms with Gasteiger partial charge in [-0.05, 0) is 29.5 Å². The number of rotatable bonds is 6. The largest absolute Gasteiger partial charge is 0.269 e. The Morgan fingerprint density at radius 2 is 2.10 bits per heavy atom. The van der Waals surface area contributed by atoms with E-state index in [1.54, 1.807) is 6.07 Å². The monoisotopic (exact) mass is 326 g/mol. The molecular formula is C13H14N2O4S2. The van der Waals surface area contributed by atoms with Crippen molar-refractivity contribution < 1.29 is 13.3 Å². The Morgan fingerprint density at radius 1 is 1.33 bits per heavy atom. The van der Waals surface area contributed by atoms with Crippen LogP contribution in [0.4, 0.5) is 5.69 Å². The highest BCUT2D eigenvalue weighted by Crippen LogP contribution is 2.17. The van der Waals surface area contributed by atoms with Gasteiger partial charge in [0.05, 0.1) is 10.7 Å². The lowest BCUT2D eigenvalue weighted by atomic mass is 10.2. The number of non-ortho nitro benzene ring substituents is 1. The van der Waals surface area contributed by atoms with Crippen molar-refractivity contribution in [3.8, 4) is 0 Å². The third kappa shape index (κ3) is 4.35. The molecule has 112 valence electrons. The highest BCUT2D eigenvalue weighted by molar-refractivity contribution is 7.88. The second kappa shape index (κ2) is 6.33. The number of aryl methyl sites for hydroxylation is 1. The first-order chi connectivity index (χ1) is 9.87. The smallest absolute Gasteiger partial charge is 0.258 e. The summed E-state index contributed by atoms with van der Waals surface area (Å²) >= 11 is 1.49. The van der Waals surface area contributed by atoms with Crippen LogP contribution >= 0.6 is 11.3 Å². The van der Waals surface area contributed by atoms with E-state index in [-0.39, 0.29) is 18.0 Å². The third-order valence-electron chi connectivity index (χ3n) is 2.90. The van der Waals surface area contributed by atoms with E-state index in [1.807, 2.05) is 18.4 Å². The van der Waals surface area contributed by atoms with Gasteiger partial charge in [-0.1, -0.05) is 12.1 Å². The molecule has 2 rings (SSSR count). The summed E-state index contributed by atoms with van der Waals surface area (Å²) in [7, 11) is -3.54. The second-order valence-electron chi connectivity index (χ2n) is 4.53. The molecule has 21 heavy (non-hydrogen) atoms. The maximum absolute atomic E-state index is 12.0. The summed E-state index contributed by atoms with van der Waals surface area (Å²) in [4.78, 5) is 11.1. The Kier molecular flexibility index (Phi) is 4.71. The van der Waals surface area contributed by atoms with Crippen molar-refractivity contribution in [3.63, 3.8) is 0 Å². The number of nitro benzene ring substituents is 1. The minimum Gasteiger partial charge on any atom is -0.258 e. The van der Waals surface area contributed by atoms with Crippen molar-refractivity contribution in [2.24, 2.45) is 0 Å². The van der Waals surface area contributed by atoms with Crippen molar-refractivity contribution >= 4 is 27.0 Å². The first-order valence-electron chi connectivity index (χ1n) is 6.11. The number of nitrogens with one attached hydrogen (secondary N) is 1. The summed E-state index contributed by atoms with van der Waals surface area (Å²) in [5.74, 6) is -0.279. The zero-order valence-corrected chi connectivity index (χ0v) is 12.9. The van der Waals surface area contributed by atoms with Crippen LogP contribution in [0.15, 0.2) is 35.7 Å². The van der Waals surface area contributed by atoms with Crippen molar-refractivity contribution in [2.75, 3.05) is 0 Å². The van der Waals surface area contributed by atoms with Gasteiger partial charge >= 0.3 is 0 Å². The number of sulfonamides is 1. The van der Waals surface area contributed by atoms with Crippen LogP contribution in [0.25, 0.3) is 0 Å². The Balaban J connectivity index is 2.05. The molecule has 0 bridgehead atoms. The highest BCUT2D eigenvalue weighted by atomic mass is 32.2. The fourth-order valence-electron chi connectivity index (χ4n) is 1.79. The van der Waals surface area contributed by atoms with Gasteiger partial charge in [0.2, 0.25) is 10.0 Å². The number of benzene rings is 1. The molecule has 0 saturated heterocycles. The molecule has 6 nitrogen and oxygen atoms in total. The fraction of sp³-hybridized carbons (Fsp3) is 0.231. The van der Waals surface area contributed by atoms with Crippen LogP contribution in [0.1, 0.15) is 16.0 Å². The minimum atomic E-state index is -3.54. The van der Waals surface area contributed by atoms with Crippen LogP contribution in [-0.2, 0) is 22.3 Å². The Bertz CT molecular complexity index is 753. The van der Waals surface area contributed by atoms with Gasteiger partial charge < -0.3 is 0 Å². The van der Waals surface area contributed by atoms with E-state index < -0.39 is 14.9 Å². The summed E-state index contributed by atoms with van der Waals surface area (Å²) in [6.45, 7) is 2.15. The number of thiophene rings is 1. The molecule has 8 heteroatoms. The van der Waals surface area contributed by atoms with Crippen LogP contribution in [0.3, 0.4) is 0 Å². The lowest BCUT2D eigenvalue weighted by molar-refractivity contribution is -0.384. The third-order valence-corrected chi connectivity index (χ3v) is 5.22. The van der Waals surface area contributed by atoms with E-state index in [4.69, 9.17) is 0 Å². The van der Waals surface area contributed by atoms with Crippen LogP contribution in [0.2, 0.25) is 0 Å².